The summed E-state index contributed by atoms with van der Waals surface area (Å²) in [5.74, 6) is 0.248. The molecule has 0 radical (unpaired) electrons. The van der Waals surface area contributed by atoms with Crippen LogP contribution in [0.25, 0.3) is 17.0 Å². The van der Waals surface area contributed by atoms with E-state index in [1.54, 1.807) is 43.5 Å². The van der Waals surface area contributed by atoms with E-state index in [1.165, 1.54) is 12.1 Å². The Bertz CT molecular complexity index is 1000. The second-order valence-corrected chi connectivity index (χ2v) is 5.54. The van der Waals surface area contributed by atoms with Gasteiger partial charge in [-0.25, -0.2) is 4.79 Å². The van der Waals surface area contributed by atoms with E-state index < -0.39 is 11.4 Å². The number of halogens is 1. The third kappa shape index (κ3) is 3.39. The van der Waals surface area contributed by atoms with Gasteiger partial charge in [0.1, 0.15) is 16.9 Å². The predicted octanol–water partition coefficient (Wildman–Crippen LogP) is 4.35. The van der Waals surface area contributed by atoms with Gasteiger partial charge < -0.3 is 9.15 Å². The molecule has 0 atom stereocenters. The standard InChI is InChI=1S/C19H13ClO4/c1-23-15-4-2-3-12(9-15)5-7-17(21)16-11-13-10-14(20)6-8-18(13)24-19(16)22/h2-11H,1H3. The fourth-order valence-electron chi connectivity index (χ4n) is 2.27. The number of benzene rings is 2. The van der Waals surface area contributed by atoms with E-state index >= 15 is 0 Å². The maximum Gasteiger partial charge on any atom is 0.347 e. The van der Waals surface area contributed by atoms with Crippen molar-refractivity contribution in [2.45, 2.75) is 0 Å². The van der Waals surface area contributed by atoms with E-state index in [2.05, 4.69) is 0 Å². The highest BCUT2D eigenvalue weighted by atomic mass is 35.5. The minimum Gasteiger partial charge on any atom is -0.497 e. The monoisotopic (exact) mass is 340 g/mol. The number of carbonyl (C=O) groups excluding carboxylic acids is 1. The molecule has 0 saturated heterocycles. The molecule has 0 aliphatic heterocycles. The molecule has 24 heavy (non-hydrogen) atoms. The van der Waals surface area contributed by atoms with E-state index in [9.17, 15) is 9.59 Å². The number of methoxy groups -OCH3 is 1. The topological polar surface area (TPSA) is 56.5 Å². The maximum absolute atomic E-state index is 12.3. The van der Waals surface area contributed by atoms with Crippen molar-refractivity contribution in [1.29, 1.82) is 0 Å². The van der Waals surface area contributed by atoms with Gasteiger partial charge in [-0.15, -0.1) is 0 Å². The van der Waals surface area contributed by atoms with Crippen LogP contribution in [0.15, 0.2) is 63.8 Å². The van der Waals surface area contributed by atoms with E-state index in [-0.39, 0.29) is 5.56 Å². The quantitative estimate of drug-likeness (QED) is 0.402. The summed E-state index contributed by atoms with van der Waals surface area (Å²) in [6.07, 6.45) is 2.95. The third-order valence-corrected chi connectivity index (χ3v) is 3.72. The molecule has 2 aromatic carbocycles. The first kappa shape index (κ1) is 16.0. The summed E-state index contributed by atoms with van der Waals surface area (Å²) in [7, 11) is 1.57. The molecule has 0 fully saturated rings. The number of hydrogen-bond acceptors (Lipinski definition) is 4. The van der Waals surface area contributed by atoms with Crippen LogP contribution in [0.1, 0.15) is 15.9 Å². The van der Waals surface area contributed by atoms with Gasteiger partial charge in [-0.1, -0.05) is 29.8 Å². The van der Waals surface area contributed by atoms with Crippen LogP contribution in [0.4, 0.5) is 0 Å². The molecular weight excluding hydrogens is 328 g/mol. The maximum atomic E-state index is 12.3. The summed E-state index contributed by atoms with van der Waals surface area (Å²) in [5, 5.41) is 1.10. The summed E-state index contributed by atoms with van der Waals surface area (Å²) in [6, 6.07) is 13.6. The van der Waals surface area contributed by atoms with Crippen LogP contribution in [0.5, 0.6) is 5.75 Å². The van der Waals surface area contributed by atoms with Crippen molar-refractivity contribution in [3.05, 3.63) is 81.2 Å². The number of allylic oxidation sites excluding steroid dienone is 1. The van der Waals surface area contributed by atoms with Crippen LogP contribution in [0, 0.1) is 0 Å². The third-order valence-electron chi connectivity index (χ3n) is 3.48. The first-order valence-corrected chi connectivity index (χ1v) is 7.54. The van der Waals surface area contributed by atoms with Crippen LogP contribution in [-0.2, 0) is 0 Å². The number of ether oxygens (including phenoxy) is 1. The Balaban J connectivity index is 1.94. The summed E-state index contributed by atoms with van der Waals surface area (Å²) in [4.78, 5) is 24.3. The molecule has 3 rings (SSSR count). The smallest absolute Gasteiger partial charge is 0.347 e. The highest BCUT2D eigenvalue weighted by Gasteiger charge is 2.11. The fraction of sp³-hybridized carbons (Fsp3) is 0.0526. The SMILES string of the molecule is COc1cccc(C=CC(=O)c2cc3cc(Cl)ccc3oc2=O)c1. The lowest BCUT2D eigenvalue weighted by Crippen LogP contribution is -2.11. The van der Waals surface area contributed by atoms with Gasteiger partial charge >= 0.3 is 5.63 Å². The highest BCUT2D eigenvalue weighted by molar-refractivity contribution is 6.31. The fourth-order valence-corrected chi connectivity index (χ4v) is 2.45. The normalized spacial score (nSPS) is 11.1. The van der Waals surface area contributed by atoms with Crippen LogP contribution in [0.2, 0.25) is 5.02 Å². The van der Waals surface area contributed by atoms with Gasteiger partial charge in [-0.2, -0.15) is 0 Å². The van der Waals surface area contributed by atoms with E-state index in [1.807, 2.05) is 12.1 Å². The lowest BCUT2D eigenvalue weighted by Gasteiger charge is -2.01. The molecular formula is C19H13ClO4. The second kappa shape index (κ2) is 6.72. The molecule has 0 bridgehead atoms. The van der Waals surface area contributed by atoms with Crippen molar-refractivity contribution >= 4 is 34.4 Å². The largest absolute Gasteiger partial charge is 0.497 e. The van der Waals surface area contributed by atoms with Gasteiger partial charge in [0.2, 0.25) is 0 Å². The van der Waals surface area contributed by atoms with Gasteiger partial charge in [-0.05, 0) is 48.0 Å². The molecule has 0 amide bonds. The summed E-state index contributed by atoms with van der Waals surface area (Å²) >= 11 is 5.93. The average molecular weight is 341 g/mol. The van der Waals surface area contributed by atoms with Crippen molar-refractivity contribution in [1.82, 2.24) is 0 Å². The Labute approximate surface area is 142 Å². The van der Waals surface area contributed by atoms with Crippen molar-refractivity contribution in [2.75, 3.05) is 7.11 Å². The predicted molar refractivity (Wildman–Crippen MR) is 93.9 cm³/mol. The Morgan fingerprint density at radius 1 is 1.17 bits per heavy atom. The lowest BCUT2D eigenvalue weighted by atomic mass is 10.1. The molecule has 0 N–H and O–H groups in total. The van der Waals surface area contributed by atoms with Gasteiger partial charge in [0.25, 0.3) is 0 Å². The summed E-state index contributed by atoms with van der Waals surface area (Å²) in [6.45, 7) is 0. The van der Waals surface area contributed by atoms with Crippen molar-refractivity contribution < 1.29 is 13.9 Å². The summed E-state index contributed by atoms with van der Waals surface area (Å²) in [5.41, 5.74) is 0.461. The number of hydrogen-bond donors (Lipinski definition) is 0. The first-order chi connectivity index (χ1) is 11.6. The van der Waals surface area contributed by atoms with E-state index in [0.717, 1.165) is 5.56 Å². The van der Waals surface area contributed by atoms with Crippen LogP contribution in [-0.4, -0.2) is 12.9 Å². The Morgan fingerprint density at radius 2 is 2.00 bits per heavy atom. The number of ketones is 1. The molecule has 1 aromatic heterocycles. The molecule has 0 unspecified atom stereocenters. The highest BCUT2D eigenvalue weighted by Crippen LogP contribution is 2.19. The number of rotatable bonds is 4. The molecule has 0 aliphatic rings. The van der Waals surface area contributed by atoms with Gasteiger partial charge in [0, 0.05) is 10.4 Å². The zero-order chi connectivity index (χ0) is 17.1. The average Bonchev–Trinajstić information content (AvgIpc) is 2.59. The van der Waals surface area contributed by atoms with E-state index in [4.69, 9.17) is 20.8 Å². The zero-order valence-electron chi connectivity index (χ0n) is 12.8. The van der Waals surface area contributed by atoms with Gasteiger partial charge in [0.15, 0.2) is 5.78 Å². The Morgan fingerprint density at radius 3 is 2.79 bits per heavy atom. The van der Waals surface area contributed by atoms with Crippen molar-refractivity contribution in [3.63, 3.8) is 0 Å². The Hall–Kier alpha value is -2.85. The van der Waals surface area contributed by atoms with E-state index in [0.29, 0.717) is 21.7 Å². The van der Waals surface area contributed by atoms with Crippen LogP contribution < -0.4 is 10.4 Å². The molecule has 1 heterocycles. The molecule has 0 spiro atoms. The minimum absolute atomic E-state index is 0.0380. The van der Waals surface area contributed by atoms with Gasteiger partial charge in [-0.3, -0.25) is 4.79 Å². The Kier molecular flexibility index (Phi) is 4.49. The van der Waals surface area contributed by atoms with Gasteiger partial charge in [0.05, 0.1) is 7.11 Å². The zero-order valence-corrected chi connectivity index (χ0v) is 13.5. The van der Waals surface area contributed by atoms with Crippen LogP contribution in [0.3, 0.4) is 0 Å². The molecule has 0 saturated carbocycles. The molecule has 5 heteroatoms. The number of fused-ring (bicyclic) bond motifs is 1. The first-order valence-electron chi connectivity index (χ1n) is 7.17. The minimum atomic E-state index is -0.676. The van der Waals surface area contributed by atoms with Crippen molar-refractivity contribution in [2.24, 2.45) is 0 Å². The van der Waals surface area contributed by atoms with Crippen molar-refractivity contribution in [3.8, 4) is 5.75 Å². The molecule has 120 valence electrons. The second-order valence-electron chi connectivity index (χ2n) is 5.10. The molecule has 3 aromatic rings. The van der Waals surface area contributed by atoms with Crippen LogP contribution >= 0.6 is 11.6 Å². The summed E-state index contributed by atoms with van der Waals surface area (Å²) < 4.78 is 10.3. The molecule has 0 aliphatic carbocycles. The molecule has 4 nitrogen and oxygen atoms in total. The number of carbonyl (C=O) groups is 1. The lowest BCUT2D eigenvalue weighted by molar-refractivity contribution is 0.104.